The number of carbonyl (C=O) groups excluding carboxylic acids is 1. The highest BCUT2D eigenvalue weighted by atomic mass is 32.1. The van der Waals surface area contributed by atoms with E-state index in [9.17, 15) is 4.79 Å². The van der Waals surface area contributed by atoms with Gasteiger partial charge in [-0.15, -0.1) is 11.3 Å². The highest BCUT2D eigenvalue weighted by molar-refractivity contribution is 7.13. The minimum Gasteiger partial charge on any atom is -0.339 e. The number of piperazine rings is 1. The van der Waals surface area contributed by atoms with Crippen molar-refractivity contribution in [2.24, 2.45) is 0 Å². The molecule has 0 radical (unpaired) electrons. The largest absolute Gasteiger partial charge is 0.339 e. The summed E-state index contributed by atoms with van der Waals surface area (Å²) in [5.74, 6) is 0.238. The summed E-state index contributed by atoms with van der Waals surface area (Å²) >= 11 is 1.65. The number of nitrogens with zero attached hydrogens (tertiary/aromatic N) is 4. The van der Waals surface area contributed by atoms with Gasteiger partial charge in [0.05, 0.1) is 12.1 Å². The first-order valence-electron chi connectivity index (χ1n) is 11.4. The Hall–Kier alpha value is -1.76. The van der Waals surface area contributed by atoms with Gasteiger partial charge in [0.2, 0.25) is 5.91 Å². The molecule has 1 aromatic carbocycles. The predicted octanol–water partition coefficient (Wildman–Crippen LogP) is 3.89. The lowest BCUT2D eigenvalue weighted by atomic mass is 9.99. The third kappa shape index (κ3) is 5.29. The van der Waals surface area contributed by atoms with Crippen LogP contribution in [0.1, 0.15) is 43.9 Å². The van der Waals surface area contributed by atoms with Gasteiger partial charge in [-0.1, -0.05) is 25.1 Å². The Labute approximate surface area is 184 Å². The van der Waals surface area contributed by atoms with Crippen LogP contribution in [0.3, 0.4) is 0 Å². The van der Waals surface area contributed by atoms with Crippen LogP contribution in [0.5, 0.6) is 0 Å². The molecule has 0 bridgehead atoms. The Morgan fingerprint density at radius 3 is 2.80 bits per heavy atom. The van der Waals surface area contributed by atoms with Gasteiger partial charge in [-0.3, -0.25) is 9.69 Å². The fraction of sp³-hybridized carbons (Fsp3) is 0.583. The maximum atomic E-state index is 12.9. The van der Waals surface area contributed by atoms with Gasteiger partial charge in [0.15, 0.2) is 0 Å². The second-order valence-corrected chi connectivity index (χ2v) is 9.60. The van der Waals surface area contributed by atoms with E-state index in [0.717, 1.165) is 74.8 Å². The molecule has 30 heavy (non-hydrogen) atoms. The standard InChI is InChI=1S/C24H34N4OS/c1-3-22-9-4-5-10-28(22)23(29)16-21-18-30-24(25-21)20-8-6-7-19(15-20)17-27-13-11-26(2)12-14-27/h6-8,15,18,22H,3-5,9-14,16-17H2,1-2H3. The number of likely N-dealkylation sites (tertiary alicyclic amines) is 1. The molecule has 2 aliphatic heterocycles. The number of rotatable bonds is 6. The fourth-order valence-corrected chi connectivity index (χ4v) is 5.41. The quantitative estimate of drug-likeness (QED) is 0.703. The van der Waals surface area contributed by atoms with Crippen LogP contribution in [0.25, 0.3) is 10.6 Å². The van der Waals surface area contributed by atoms with E-state index in [0.29, 0.717) is 12.5 Å². The van der Waals surface area contributed by atoms with Crippen molar-refractivity contribution in [3.05, 3.63) is 40.9 Å². The van der Waals surface area contributed by atoms with Crippen molar-refractivity contribution in [1.82, 2.24) is 19.7 Å². The minimum absolute atomic E-state index is 0.238. The Morgan fingerprint density at radius 1 is 1.17 bits per heavy atom. The lowest BCUT2D eigenvalue weighted by Gasteiger charge is -2.35. The lowest BCUT2D eigenvalue weighted by molar-refractivity contribution is -0.134. The Morgan fingerprint density at radius 2 is 2.00 bits per heavy atom. The summed E-state index contributed by atoms with van der Waals surface area (Å²) in [5.41, 5.74) is 3.41. The van der Waals surface area contributed by atoms with Crippen LogP contribution in [-0.4, -0.2) is 71.4 Å². The Kier molecular flexibility index (Phi) is 7.18. The zero-order valence-corrected chi connectivity index (χ0v) is 19.2. The number of likely N-dealkylation sites (N-methyl/N-ethyl adjacent to an activating group) is 1. The van der Waals surface area contributed by atoms with Crippen LogP contribution in [0.15, 0.2) is 29.6 Å². The number of benzene rings is 1. The van der Waals surface area contributed by atoms with Crippen LogP contribution in [-0.2, 0) is 17.8 Å². The Bertz CT molecular complexity index is 843. The molecule has 1 unspecified atom stereocenters. The molecular weight excluding hydrogens is 392 g/mol. The number of piperidine rings is 1. The molecular formula is C24H34N4OS. The van der Waals surface area contributed by atoms with Gasteiger partial charge in [0, 0.05) is 56.3 Å². The number of carbonyl (C=O) groups is 1. The molecule has 4 rings (SSSR count). The molecule has 2 aliphatic rings. The zero-order chi connectivity index (χ0) is 20.9. The van der Waals surface area contributed by atoms with Crippen molar-refractivity contribution < 1.29 is 4.79 Å². The molecule has 0 aliphatic carbocycles. The fourth-order valence-electron chi connectivity index (χ4n) is 4.60. The number of hydrogen-bond acceptors (Lipinski definition) is 5. The van der Waals surface area contributed by atoms with Gasteiger partial charge in [-0.05, 0) is 44.4 Å². The van der Waals surface area contributed by atoms with Gasteiger partial charge in [-0.25, -0.2) is 4.98 Å². The molecule has 2 saturated heterocycles. The molecule has 0 saturated carbocycles. The van der Waals surface area contributed by atoms with Crippen LogP contribution in [0.4, 0.5) is 0 Å². The summed E-state index contributed by atoms with van der Waals surface area (Å²) in [7, 11) is 2.19. The van der Waals surface area contributed by atoms with Gasteiger partial charge in [-0.2, -0.15) is 0 Å². The van der Waals surface area contributed by atoms with Gasteiger partial charge < -0.3 is 9.80 Å². The normalized spacial score (nSPS) is 21.1. The monoisotopic (exact) mass is 426 g/mol. The van der Waals surface area contributed by atoms with Crippen molar-refractivity contribution in [2.45, 2.75) is 51.6 Å². The van der Waals surface area contributed by atoms with E-state index < -0.39 is 0 Å². The molecule has 1 amide bonds. The first-order chi connectivity index (χ1) is 14.6. The van der Waals surface area contributed by atoms with E-state index in [4.69, 9.17) is 4.98 Å². The molecule has 3 heterocycles. The third-order valence-corrected chi connectivity index (χ3v) is 7.42. The maximum absolute atomic E-state index is 12.9. The summed E-state index contributed by atoms with van der Waals surface area (Å²) in [6.45, 7) is 8.61. The summed E-state index contributed by atoms with van der Waals surface area (Å²) in [5, 5.41) is 3.08. The molecule has 2 fully saturated rings. The van der Waals surface area contributed by atoms with Gasteiger partial charge in [0.25, 0.3) is 0 Å². The smallest absolute Gasteiger partial charge is 0.228 e. The number of hydrogen-bond donors (Lipinski definition) is 0. The molecule has 6 heteroatoms. The third-order valence-electron chi connectivity index (χ3n) is 6.48. The van der Waals surface area contributed by atoms with E-state index in [-0.39, 0.29) is 5.91 Å². The highest BCUT2D eigenvalue weighted by Gasteiger charge is 2.25. The number of thiazole rings is 1. The average molecular weight is 427 g/mol. The highest BCUT2D eigenvalue weighted by Crippen LogP contribution is 2.26. The van der Waals surface area contributed by atoms with E-state index in [2.05, 4.69) is 58.3 Å². The van der Waals surface area contributed by atoms with E-state index in [1.54, 1.807) is 11.3 Å². The van der Waals surface area contributed by atoms with Crippen molar-refractivity contribution in [1.29, 1.82) is 0 Å². The first-order valence-corrected chi connectivity index (χ1v) is 12.2. The Balaban J connectivity index is 1.39. The molecule has 0 spiro atoms. The summed E-state index contributed by atoms with van der Waals surface area (Å²) in [6.07, 6.45) is 4.99. The maximum Gasteiger partial charge on any atom is 0.228 e. The first kappa shape index (κ1) is 21.5. The SMILES string of the molecule is CCC1CCCCN1C(=O)Cc1csc(-c2cccc(CN3CCN(C)CC3)c2)n1. The van der Waals surface area contributed by atoms with Crippen molar-refractivity contribution >= 4 is 17.2 Å². The van der Waals surface area contributed by atoms with Crippen LogP contribution >= 0.6 is 11.3 Å². The topological polar surface area (TPSA) is 39.7 Å². The molecule has 0 N–H and O–H groups in total. The van der Waals surface area contributed by atoms with Crippen LogP contribution in [0.2, 0.25) is 0 Å². The summed E-state index contributed by atoms with van der Waals surface area (Å²) in [6, 6.07) is 9.15. The average Bonchev–Trinajstić information content (AvgIpc) is 3.24. The number of amides is 1. The van der Waals surface area contributed by atoms with Gasteiger partial charge in [0.1, 0.15) is 5.01 Å². The molecule has 1 atom stereocenters. The van der Waals surface area contributed by atoms with E-state index >= 15 is 0 Å². The van der Waals surface area contributed by atoms with E-state index in [1.165, 1.54) is 12.0 Å². The molecule has 2 aromatic rings. The van der Waals surface area contributed by atoms with E-state index in [1.807, 2.05) is 0 Å². The summed E-state index contributed by atoms with van der Waals surface area (Å²) < 4.78 is 0. The molecule has 5 nitrogen and oxygen atoms in total. The van der Waals surface area contributed by atoms with Crippen LogP contribution < -0.4 is 0 Å². The summed E-state index contributed by atoms with van der Waals surface area (Å²) in [4.78, 5) is 24.7. The minimum atomic E-state index is 0.238. The molecule has 162 valence electrons. The van der Waals surface area contributed by atoms with Crippen molar-refractivity contribution in [3.8, 4) is 10.6 Å². The second-order valence-electron chi connectivity index (χ2n) is 8.75. The second kappa shape index (κ2) is 10.0. The van der Waals surface area contributed by atoms with Gasteiger partial charge >= 0.3 is 0 Å². The van der Waals surface area contributed by atoms with Crippen molar-refractivity contribution in [2.75, 3.05) is 39.8 Å². The van der Waals surface area contributed by atoms with Crippen LogP contribution in [0, 0.1) is 0 Å². The zero-order valence-electron chi connectivity index (χ0n) is 18.3. The molecule has 1 aromatic heterocycles. The van der Waals surface area contributed by atoms with Crippen molar-refractivity contribution in [3.63, 3.8) is 0 Å². The number of aromatic nitrogens is 1. The lowest BCUT2D eigenvalue weighted by Crippen LogP contribution is -2.44. The predicted molar refractivity (Wildman–Crippen MR) is 124 cm³/mol.